The summed E-state index contributed by atoms with van der Waals surface area (Å²) in [7, 11) is 1.60. The Bertz CT molecular complexity index is 1060. The van der Waals surface area contributed by atoms with Crippen LogP contribution in [0.15, 0.2) is 60.9 Å². The minimum Gasteiger partial charge on any atom is -0.496 e. The number of carbonyl (C=O) groups excluding carboxylic acids is 1. The van der Waals surface area contributed by atoms with Crippen LogP contribution in [-0.4, -0.2) is 43.4 Å². The maximum Gasteiger partial charge on any atom is 0.273 e. The fourth-order valence-corrected chi connectivity index (χ4v) is 2.61. The average molecular weight is 361 g/mol. The van der Waals surface area contributed by atoms with Crippen molar-refractivity contribution in [1.29, 1.82) is 0 Å². The number of anilines is 1. The molecule has 0 radical (unpaired) electrons. The van der Waals surface area contributed by atoms with Crippen LogP contribution in [0.2, 0.25) is 0 Å². The highest BCUT2D eigenvalue weighted by Crippen LogP contribution is 2.28. The van der Waals surface area contributed by atoms with E-state index in [1.165, 1.54) is 11.0 Å². The summed E-state index contributed by atoms with van der Waals surface area (Å²) in [6.07, 6.45) is 1.50. The molecule has 4 rings (SSSR count). The monoisotopic (exact) mass is 361 g/mol. The molecule has 2 aromatic carbocycles. The molecule has 2 N–H and O–H groups in total. The van der Waals surface area contributed by atoms with Gasteiger partial charge >= 0.3 is 0 Å². The first-order chi connectivity index (χ1) is 13.2. The van der Waals surface area contributed by atoms with E-state index in [1.54, 1.807) is 37.4 Å². The highest BCUT2D eigenvalue weighted by Gasteiger charge is 2.14. The SMILES string of the molecule is COc1ccccc1-c1cc(C(=O)Nc2ccc(-n3cnnn3)cc2)[nH]n1. The number of carbonyl (C=O) groups is 1. The Morgan fingerprint density at radius 1 is 1.15 bits per heavy atom. The molecule has 0 saturated carbocycles. The highest BCUT2D eigenvalue weighted by atomic mass is 16.5. The third-order valence-electron chi connectivity index (χ3n) is 3.94. The molecule has 0 unspecified atom stereocenters. The molecule has 27 heavy (non-hydrogen) atoms. The van der Waals surface area contributed by atoms with E-state index in [-0.39, 0.29) is 5.91 Å². The van der Waals surface area contributed by atoms with Crippen molar-refractivity contribution in [1.82, 2.24) is 30.4 Å². The number of amides is 1. The number of hydrogen-bond acceptors (Lipinski definition) is 6. The van der Waals surface area contributed by atoms with Crippen LogP contribution in [0.3, 0.4) is 0 Å². The number of rotatable bonds is 5. The third-order valence-corrected chi connectivity index (χ3v) is 3.94. The molecule has 0 spiro atoms. The third kappa shape index (κ3) is 3.38. The van der Waals surface area contributed by atoms with Crippen molar-refractivity contribution < 1.29 is 9.53 Å². The molecule has 1 amide bonds. The molecule has 9 nitrogen and oxygen atoms in total. The lowest BCUT2D eigenvalue weighted by molar-refractivity contribution is 0.102. The van der Waals surface area contributed by atoms with Crippen molar-refractivity contribution in [2.45, 2.75) is 0 Å². The van der Waals surface area contributed by atoms with Crippen LogP contribution in [-0.2, 0) is 0 Å². The van der Waals surface area contributed by atoms with Crippen LogP contribution < -0.4 is 10.1 Å². The van der Waals surface area contributed by atoms with Crippen molar-refractivity contribution >= 4 is 11.6 Å². The fraction of sp³-hybridized carbons (Fsp3) is 0.0556. The Kier molecular flexibility index (Phi) is 4.32. The van der Waals surface area contributed by atoms with Gasteiger partial charge in [-0.05, 0) is 52.9 Å². The van der Waals surface area contributed by atoms with E-state index < -0.39 is 0 Å². The molecule has 0 aliphatic heterocycles. The summed E-state index contributed by atoms with van der Waals surface area (Å²) in [6.45, 7) is 0. The molecule has 0 aliphatic rings. The van der Waals surface area contributed by atoms with Crippen molar-refractivity contribution in [2.75, 3.05) is 12.4 Å². The molecule has 0 atom stereocenters. The predicted molar refractivity (Wildman–Crippen MR) is 97.7 cm³/mol. The number of tetrazole rings is 1. The highest BCUT2D eigenvalue weighted by molar-refractivity contribution is 6.03. The number of methoxy groups -OCH3 is 1. The summed E-state index contributed by atoms with van der Waals surface area (Å²) in [5.74, 6) is 0.396. The summed E-state index contributed by atoms with van der Waals surface area (Å²) in [6, 6.07) is 16.3. The molecule has 9 heteroatoms. The molecule has 2 aromatic heterocycles. The standard InChI is InChI=1S/C18H15N7O2/c1-27-17-5-3-2-4-14(17)15-10-16(22-21-15)18(26)20-12-6-8-13(9-7-12)25-11-19-23-24-25/h2-11H,1H3,(H,20,26)(H,21,22). The van der Waals surface area contributed by atoms with E-state index in [4.69, 9.17) is 4.74 Å². The zero-order chi connectivity index (χ0) is 18.6. The lowest BCUT2D eigenvalue weighted by Crippen LogP contribution is -2.12. The van der Waals surface area contributed by atoms with E-state index in [0.717, 1.165) is 11.3 Å². The van der Waals surface area contributed by atoms with Gasteiger partial charge in [0.15, 0.2) is 0 Å². The summed E-state index contributed by atoms with van der Waals surface area (Å²) in [4.78, 5) is 12.5. The Labute approximate surface area is 154 Å². The number of hydrogen-bond donors (Lipinski definition) is 2. The quantitative estimate of drug-likeness (QED) is 0.564. The van der Waals surface area contributed by atoms with Crippen LogP contribution in [0.4, 0.5) is 5.69 Å². The van der Waals surface area contributed by atoms with Crippen LogP contribution in [0.25, 0.3) is 16.9 Å². The predicted octanol–water partition coefficient (Wildman–Crippen LogP) is 2.31. The maximum atomic E-state index is 12.5. The minimum absolute atomic E-state index is 0.293. The van der Waals surface area contributed by atoms with E-state index in [1.807, 2.05) is 24.3 Å². The first-order valence-electron chi connectivity index (χ1n) is 8.08. The van der Waals surface area contributed by atoms with Gasteiger partial charge in [0.2, 0.25) is 0 Å². The van der Waals surface area contributed by atoms with Crippen LogP contribution >= 0.6 is 0 Å². The molecule has 2 heterocycles. The van der Waals surface area contributed by atoms with Crippen LogP contribution in [0.1, 0.15) is 10.5 Å². The van der Waals surface area contributed by atoms with Crippen molar-refractivity contribution in [2.24, 2.45) is 0 Å². The van der Waals surface area contributed by atoms with E-state index in [2.05, 4.69) is 31.0 Å². The number of nitrogens with one attached hydrogen (secondary N) is 2. The normalized spacial score (nSPS) is 10.6. The first kappa shape index (κ1) is 16.5. The van der Waals surface area contributed by atoms with Gasteiger partial charge in [0.25, 0.3) is 5.91 Å². The molecule has 134 valence electrons. The van der Waals surface area contributed by atoms with E-state index in [9.17, 15) is 4.79 Å². The Hall–Kier alpha value is -4.01. The Morgan fingerprint density at radius 3 is 2.70 bits per heavy atom. The zero-order valence-electron chi connectivity index (χ0n) is 14.3. The molecule has 0 fully saturated rings. The zero-order valence-corrected chi connectivity index (χ0v) is 14.3. The molecule has 0 saturated heterocycles. The number of ether oxygens (including phenoxy) is 1. The van der Waals surface area contributed by atoms with E-state index in [0.29, 0.717) is 22.8 Å². The second-order valence-corrected chi connectivity index (χ2v) is 5.62. The van der Waals surface area contributed by atoms with Gasteiger partial charge in [0.1, 0.15) is 17.8 Å². The van der Waals surface area contributed by atoms with Crippen molar-refractivity contribution in [3.8, 4) is 22.7 Å². The molecule has 0 aliphatic carbocycles. The second kappa shape index (κ2) is 7.08. The summed E-state index contributed by atoms with van der Waals surface area (Å²) < 4.78 is 6.86. The lowest BCUT2D eigenvalue weighted by atomic mass is 10.1. The van der Waals surface area contributed by atoms with Gasteiger partial charge in [-0.3, -0.25) is 9.89 Å². The largest absolute Gasteiger partial charge is 0.496 e. The number of aromatic nitrogens is 6. The number of benzene rings is 2. The maximum absolute atomic E-state index is 12.5. The van der Waals surface area contributed by atoms with Crippen molar-refractivity contribution in [3.05, 3.63) is 66.6 Å². The Balaban J connectivity index is 1.50. The topological polar surface area (TPSA) is 111 Å². The van der Waals surface area contributed by atoms with E-state index >= 15 is 0 Å². The van der Waals surface area contributed by atoms with Gasteiger partial charge in [0.05, 0.1) is 18.5 Å². The van der Waals surface area contributed by atoms with Gasteiger partial charge in [-0.15, -0.1) is 5.10 Å². The molecule has 4 aromatic rings. The molecular formula is C18H15N7O2. The minimum atomic E-state index is -0.293. The second-order valence-electron chi connectivity index (χ2n) is 5.62. The molecule has 0 bridgehead atoms. The molecular weight excluding hydrogens is 346 g/mol. The van der Waals surface area contributed by atoms with Gasteiger partial charge in [-0.2, -0.15) is 5.10 Å². The van der Waals surface area contributed by atoms with Crippen molar-refractivity contribution in [3.63, 3.8) is 0 Å². The summed E-state index contributed by atoms with van der Waals surface area (Å²) >= 11 is 0. The van der Waals surface area contributed by atoms with Gasteiger partial charge in [-0.25, -0.2) is 4.68 Å². The van der Waals surface area contributed by atoms with Crippen LogP contribution in [0, 0.1) is 0 Å². The van der Waals surface area contributed by atoms with Gasteiger partial charge in [-0.1, -0.05) is 12.1 Å². The lowest BCUT2D eigenvalue weighted by Gasteiger charge is -2.05. The average Bonchev–Trinajstić information content (AvgIpc) is 3.41. The van der Waals surface area contributed by atoms with Gasteiger partial charge in [0, 0.05) is 11.3 Å². The van der Waals surface area contributed by atoms with Crippen LogP contribution in [0.5, 0.6) is 5.75 Å². The number of para-hydroxylation sites is 1. The number of aromatic amines is 1. The van der Waals surface area contributed by atoms with Gasteiger partial charge < -0.3 is 10.1 Å². The summed E-state index contributed by atoms with van der Waals surface area (Å²) in [5, 5.41) is 20.8. The smallest absolute Gasteiger partial charge is 0.273 e. The number of nitrogens with zero attached hydrogens (tertiary/aromatic N) is 5. The number of H-pyrrole nitrogens is 1. The first-order valence-corrected chi connectivity index (χ1v) is 8.08. The summed E-state index contributed by atoms with van der Waals surface area (Å²) in [5.41, 5.74) is 3.22. The fourth-order valence-electron chi connectivity index (χ4n) is 2.61. The Morgan fingerprint density at radius 2 is 1.96 bits per heavy atom.